The van der Waals surface area contributed by atoms with E-state index >= 15 is 0 Å². The highest BCUT2D eigenvalue weighted by Gasteiger charge is 2.32. The van der Waals surface area contributed by atoms with E-state index in [9.17, 15) is 22.8 Å². The number of benzene rings is 1. The number of carbonyl (C=O) groups excluding carboxylic acids is 2. The maximum absolute atomic E-state index is 12.2. The average molecular weight is 373 g/mol. The summed E-state index contributed by atoms with van der Waals surface area (Å²) < 4.78 is 41.0. The van der Waals surface area contributed by atoms with Gasteiger partial charge in [0.15, 0.2) is 5.13 Å². The zero-order chi connectivity index (χ0) is 18.2. The van der Waals surface area contributed by atoms with Crippen LogP contribution in [0.2, 0.25) is 0 Å². The molecule has 1 aliphatic carbocycles. The fourth-order valence-electron chi connectivity index (χ4n) is 2.11. The summed E-state index contributed by atoms with van der Waals surface area (Å²) in [4.78, 5) is 27.9. The van der Waals surface area contributed by atoms with Crippen molar-refractivity contribution >= 4 is 38.5 Å². The van der Waals surface area contributed by atoms with E-state index in [-0.39, 0.29) is 22.7 Å². The van der Waals surface area contributed by atoms with Gasteiger partial charge in [-0.15, -0.1) is 13.2 Å². The fourth-order valence-corrected chi connectivity index (χ4v) is 3.01. The molecule has 1 aliphatic rings. The molecule has 0 bridgehead atoms. The van der Waals surface area contributed by atoms with Gasteiger partial charge in [-0.3, -0.25) is 9.59 Å². The SMILES string of the molecule is C[C@@H](NC(=O)C1CC1)C(=O)Nc1nc2ccc(OC(F)(F)F)cc2s1. The van der Waals surface area contributed by atoms with Gasteiger partial charge in [0.2, 0.25) is 11.8 Å². The third-order valence-corrected chi connectivity index (χ3v) is 4.46. The van der Waals surface area contributed by atoms with Gasteiger partial charge in [-0.05, 0) is 31.9 Å². The molecule has 0 aliphatic heterocycles. The summed E-state index contributed by atoms with van der Waals surface area (Å²) in [6, 6.07) is 3.00. The summed E-state index contributed by atoms with van der Waals surface area (Å²) in [5.74, 6) is -0.961. The van der Waals surface area contributed by atoms with Gasteiger partial charge < -0.3 is 15.4 Å². The van der Waals surface area contributed by atoms with Crippen LogP contribution in [0, 0.1) is 5.92 Å². The fraction of sp³-hybridized carbons (Fsp3) is 0.400. The van der Waals surface area contributed by atoms with Crippen LogP contribution in [0.25, 0.3) is 10.2 Å². The van der Waals surface area contributed by atoms with Crippen LogP contribution < -0.4 is 15.4 Å². The van der Waals surface area contributed by atoms with E-state index in [0.717, 1.165) is 30.2 Å². The van der Waals surface area contributed by atoms with Crippen LogP contribution in [0.15, 0.2) is 18.2 Å². The molecule has 2 aromatic rings. The van der Waals surface area contributed by atoms with Crippen molar-refractivity contribution in [3.63, 3.8) is 0 Å². The Morgan fingerprint density at radius 1 is 1.36 bits per heavy atom. The lowest BCUT2D eigenvalue weighted by Gasteiger charge is -2.12. The molecule has 1 fully saturated rings. The Morgan fingerprint density at radius 3 is 2.72 bits per heavy atom. The van der Waals surface area contributed by atoms with Gasteiger partial charge in [0.1, 0.15) is 11.8 Å². The Labute approximate surface area is 144 Å². The Hall–Kier alpha value is -2.36. The lowest BCUT2D eigenvalue weighted by atomic mass is 10.3. The number of amides is 2. The van der Waals surface area contributed by atoms with Gasteiger partial charge in [-0.25, -0.2) is 4.98 Å². The molecule has 134 valence electrons. The minimum atomic E-state index is -4.77. The third-order valence-electron chi connectivity index (χ3n) is 3.52. The summed E-state index contributed by atoms with van der Waals surface area (Å²) in [5, 5.41) is 5.40. The van der Waals surface area contributed by atoms with E-state index in [1.165, 1.54) is 12.1 Å². The molecule has 0 saturated heterocycles. The molecule has 1 aromatic heterocycles. The highest BCUT2D eigenvalue weighted by molar-refractivity contribution is 7.22. The summed E-state index contributed by atoms with van der Waals surface area (Å²) in [6.07, 6.45) is -3.11. The van der Waals surface area contributed by atoms with Crippen LogP contribution in [0.5, 0.6) is 5.75 Å². The molecule has 2 amide bonds. The van der Waals surface area contributed by atoms with Crippen molar-refractivity contribution in [1.29, 1.82) is 0 Å². The van der Waals surface area contributed by atoms with Gasteiger partial charge in [0.25, 0.3) is 0 Å². The molecule has 10 heteroatoms. The standard InChI is InChI=1S/C15H14F3N3O3S/c1-7(19-13(23)8-2-3-8)12(22)21-14-20-10-5-4-9(6-11(10)25-14)24-15(16,17)18/h4-8H,2-3H2,1H3,(H,19,23)(H,20,21,22)/t7-/m1/s1. The number of hydrogen-bond donors (Lipinski definition) is 2. The number of hydrogen-bond acceptors (Lipinski definition) is 5. The summed E-state index contributed by atoms with van der Waals surface area (Å²) in [6.45, 7) is 1.55. The molecule has 1 saturated carbocycles. The number of ether oxygens (including phenoxy) is 1. The number of nitrogens with zero attached hydrogens (tertiary/aromatic N) is 1. The second-order valence-electron chi connectivity index (χ2n) is 5.69. The molecule has 6 nitrogen and oxygen atoms in total. The van der Waals surface area contributed by atoms with E-state index < -0.39 is 18.3 Å². The van der Waals surface area contributed by atoms with Crippen molar-refractivity contribution in [2.45, 2.75) is 32.2 Å². The number of nitrogens with one attached hydrogen (secondary N) is 2. The lowest BCUT2D eigenvalue weighted by molar-refractivity contribution is -0.274. The topological polar surface area (TPSA) is 80.3 Å². The minimum absolute atomic E-state index is 0.00949. The number of carbonyl (C=O) groups is 2. The molecule has 3 rings (SSSR count). The first-order chi connectivity index (χ1) is 11.7. The van der Waals surface area contributed by atoms with E-state index in [1.807, 2.05) is 0 Å². The molecular formula is C15H14F3N3O3S. The maximum Gasteiger partial charge on any atom is 0.573 e. The number of fused-ring (bicyclic) bond motifs is 1. The highest BCUT2D eigenvalue weighted by atomic mass is 32.1. The van der Waals surface area contributed by atoms with Crippen LogP contribution in [-0.2, 0) is 9.59 Å². The van der Waals surface area contributed by atoms with Crippen LogP contribution in [0.3, 0.4) is 0 Å². The predicted molar refractivity (Wildman–Crippen MR) is 85.3 cm³/mol. The van der Waals surface area contributed by atoms with Crippen molar-refractivity contribution in [1.82, 2.24) is 10.3 Å². The molecule has 25 heavy (non-hydrogen) atoms. The quantitative estimate of drug-likeness (QED) is 0.844. The van der Waals surface area contributed by atoms with Crippen molar-refractivity contribution < 1.29 is 27.5 Å². The van der Waals surface area contributed by atoms with Gasteiger partial charge >= 0.3 is 6.36 Å². The number of thiazole rings is 1. The van der Waals surface area contributed by atoms with E-state index in [0.29, 0.717) is 10.2 Å². The first-order valence-corrected chi connectivity index (χ1v) is 8.30. The Morgan fingerprint density at radius 2 is 2.08 bits per heavy atom. The summed E-state index contributed by atoms with van der Waals surface area (Å²) >= 11 is 1.02. The maximum atomic E-state index is 12.2. The zero-order valence-electron chi connectivity index (χ0n) is 13.0. The van der Waals surface area contributed by atoms with Crippen LogP contribution in [0.1, 0.15) is 19.8 Å². The number of aromatic nitrogens is 1. The molecule has 1 heterocycles. The number of rotatable bonds is 5. The summed E-state index contributed by atoms with van der Waals surface area (Å²) in [7, 11) is 0. The minimum Gasteiger partial charge on any atom is -0.406 e. The second-order valence-corrected chi connectivity index (χ2v) is 6.72. The average Bonchev–Trinajstić information content (AvgIpc) is 3.27. The first kappa shape index (κ1) is 17.5. The molecule has 0 unspecified atom stereocenters. The van der Waals surface area contributed by atoms with Crippen molar-refractivity contribution in [2.75, 3.05) is 5.32 Å². The third kappa shape index (κ3) is 4.59. The summed E-state index contributed by atoms with van der Waals surface area (Å²) in [5.41, 5.74) is 0.435. The number of anilines is 1. The normalized spacial score (nSPS) is 15.7. The van der Waals surface area contributed by atoms with Crippen LogP contribution >= 0.6 is 11.3 Å². The zero-order valence-corrected chi connectivity index (χ0v) is 13.8. The second kappa shape index (κ2) is 6.51. The molecule has 1 aromatic carbocycles. The van der Waals surface area contributed by atoms with Gasteiger partial charge in [-0.1, -0.05) is 11.3 Å². The Kier molecular flexibility index (Phi) is 4.55. The number of halogens is 3. The van der Waals surface area contributed by atoms with Gasteiger partial charge in [0.05, 0.1) is 10.2 Å². The molecule has 0 radical (unpaired) electrons. The van der Waals surface area contributed by atoms with Crippen LogP contribution in [-0.4, -0.2) is 29.2 Å². The van der Waals surface area contributed by atoms with E-state index in [1.54, 1.807) is 6.92 Å². The Bertz CT molecular complexity index is 817. The predicted octanol–water partition coefficient (Wildman–Crippen LogP) is 3.05. The van der Waals surface area contributed by atoms with Crippen molar-refractivity contribution in [2.24, 2.45) is 5.92 Å². The first-order valence-electron chi connectivity index (χ1n) is 7.49. The molecule has 0 spiro atoms. The van der Waals surface area contributed by atoms with Crippen LogP contribution in [0.4, 0.5) is 18.3 Å². The monoisotopic (exact) mass is 373 g/mol. The molecule has 1 atom stereocenters. The van der Waals surface area contributed by atoms with Gasteiger partial charge in [-0.2, -0.15) is 0 Å². The molecular weight excluding hydrogens is 359 g/mol. The highest BCUT2D eigenvalue weighted by Crippen LogP contribution is 2.32. The largest absolute Gasteiger partial charge is 0.573 e. The van der Waals surface area contributed by atoms with E-state index in [4.69, 9.17) is 0 Å². The van der Waals surface area contributed by atoms with E-state index in [2.05, 4.69) is 20.4 Å². The lowest BCUT2D eigenvalue weighted by Crippen LogP contribution is -2.42. The number of alkyl halides is 3. The smallest absolute Gasteiger partial charge is 0.406 e. The molecule has 2 N–H and O–H groups in total. The van der Waals surface area contributed by atoms with Gasteiger partial charge in [0, 0.05) is 12.0 Å². The van der Waals surface area contributed by atoms with Crippen molar-refractivity contribution in [3.05, 3.63) is 18.2 Å². The Balaban J connectivity index is 1.66. The van der Waals surface area contributed by atoms with Crippen molar-refractivity contribution in [3.8, 4) is 5.75 Å².